The van der Waals surface area contributed by atoms with Gasteiger partial charge in [-0.05, 0) is 25.7 Å². The molecule has 2 fully saturated rings. The van der Waals surface area contributed by atoms with Gasteiger partial charge >= 0.3 is 0 Å². The van der Waals surface area contributed by atoms with Crippen LogP contribution in [0.1, 0.15) is 25.0 Å². The van der Waals surface area contributed by atoms with E-state index < -0.39 is 0 Å². The Morgan fingerprint density at radius 2 is 1.86 bits per heavy atom. The lowest BCUT2D eigenvalue weighted by atomic mass is 9.93. The molecule has 120 valence electrons. The van der Waals surface area contributed by atoms with Gasteiger partial charge in [-0.2, -0.15) is 0 Å². The van der Waals surface area contributed by atoms with Gasteiger partial charge in [0.05, 0.1) is 18.9 Å². The minimum atomic E-state index is 0.289. The Bertz CT molecular complexity index is 509. The number of rotatable bonds is 3. The number of aryl methyl sites for hydroxylation is 1. The summed E-state index contributed by atoms with van der Waals surface area (Å²) in [5, 5.41) is 0. The summed E-state index contributed by atoms with van der Waals surface area (Å²) in [6.45, 7) is 6.76. The fourth-order valence-electron chi connectivity index (χ4n) is 3.25. The summed E-state index contributed by atoms with van der Waals surface area (Å²) in [4.78, 5) is 25.3. The molecule has 0 saturated carbocycles. The number of hydrogen-bond donors (Lipinski definition) is 0. The molecule has 0 aliphatic carbocycles. The maximum atomic E-state index is 12.3. The molecule has 0 spiro atoms. The molecule has 0 unspecified atom stereocenters. The highest BCUT2D eigenvalue weighted by Gasteiger charge is 2.25. The van der Waals surface area contributed by atoms with Crippen molar-refractivity contribution in [3.8, 4) is 0 Å². The van der Waals surface area contributed by atoms with Gasteiger partial charge in [0.2, 0.25) is 5.91 Å². The number of anilines is 1. The van der Waals surface area contributed by atoms with Crippen molar-refractivity contribution in [1.82, 2.24) is 14.9 Å². The molecular weight excluding hydrogens is 280 g/mol. The van der Waals surface area contributed by atoms with Crippen molar-refractivity contribution in [2.45, 2.75) is 26.2 Å². The number of morpholine rings is 1. The molecule has 1 aromatic rings. The number of carbonyl (C=O) groups excluding carboxylic acids is 1. The number of aromatic nitrogens is 2. The van der Waals surface area contributed by atoms with Crippen LogP contribution in [-0.4, -0.2) is 60.2 Å². The third-order valence-electron chi connectivity index (χ3n) is 4.60. The van der Waals surface area contributed by atoms with Crippen LogP contribution in [0.3, 0.4) is 0 Å². The number of carbonyl (C=O) groups is 1. The molecule has 0 atom stereocenters. The van der Waals surface area contributed by atoms with Gasteiger partial charge in [-0.15, -0.1) is 0 Å². The van der Waals surface area contributed by atoms with Gasteiger partial charge in [0.1, 0.15) is 5.82 Å². The number of ether oxygens (including phenoxy) is 1. The zero-order chi connectivity index (χ0) is 15.4. The molecule has 2 aliphatic heterocycles. The van der Waals surface area contributed by atoms with E-state index in [2.05, 4.69) is 14.9 Å². The van der Waals surface area contributed by atoms with E-state index in [1.165, 1.54) is 0 Å². The highest BCUT2D eigenvalue weighted by molar-refractivity contribution is 5.76. The molecule has 0 bridgehead atoms. The van der Waals surface area contributed by atoms with Crippen molar-refractivity contribution in [1.29, 1.82) is 0 Å². The molecule has 6 heteroatoms. The van der Waals surface area contributed by atoms with Gasteiger partial charge in [0.25, 0.3) is 0 Å². The number of nitrogens with zero attached hydrogens (tertiary/aromatic N) is 4. The predicted molar refractivity (Wildman–Crippen MR) is 83.7 cm³/mol. The lowest BCUT2D eigenvalue weighted by Crippen LogP contribution is -2.42. The fraction of sp³-hybridized carbons (Fsp3) is 0.688. The van der Waals surface area contributed by atoms with Crippen LogP contribution in [0.15, 0.2) is 12.4 Å². The average molecular weight is 304 g/mol. The summed E-state index contributed by atoms with van der Waals surface area (Å²) < 4.78 is 5.30. The summed E-state index contributed by atoms with van der Waals surface area (Å²) in [5.74, 6) is 1.77. The molecule has 3 rings (SSSR count). The zero-order valence-electron chi connectivity index (χ0n) is 13.2. The van der Waals surface area contributed by atoms with Crippen LogP contribution in [0.4, 0.5) is 5.82 Å². The van der Waals surface area contributed by atoms with Gasteiger partial charge < -0.3 is 14.5 Å². The topological polar surface area (TPSA) is 58.6 Å². The van der Waals surface area contributed by atoms with E-state index in [-0.39, 0.29) is 5.91 Å². The van der Waals surface area contributed by atoms with Crippen LogP contribution in [0.5, 0.6) is 0 Å². The third-order valence-corrected chi connectivity index (χ3v) is 4.60. The van der Waals surface area contributed by atoms with Gasteiger partial charge in [-0.1, -0.05) is 0 Å². The van der Waals surface area contributed by atoms with Crippen LogP contribution >= 0.6 is 0 Å². The van der Waals surface area contributed by atoms with Crippen molar-refractivity contribution in [2.75, 3.05) is 44.3 Å². The second-order valence-electron chi connectivity index (χ2n) is 6.09. The third kappa shape index (κ3) is 3.55. The lowest BCUT2D eigenvalue weighted by Gasteiger charge is -2.34. The van der Waals surface area contributed by atoms with E-state index in [1.54, 1.807) is 12.4 Å². The Hall–Kier alpha value is -1.69. The monoisotopic (exact) mass is 304 g/mol. The maximum absolute atomic E-state index is 12.3. The Labute approximate surface area is 131 Å². The standard InChI is InChI=1S/C16H24N4O2/c1-13-16(18-5-4-17-13)20-6-2-14(3-7-20)12-15(21)19-8-10-22-11-9-19/h4-5,14H,2-3,6-12H2,1H3. The van der Waals surface area contributed by atoms with Gasteiger partial charge in [0, 0.05) is 45.0 Å². The average Bonchev–Trinajstić information content (AvgIpc) is 2.57. The van der Waals surface area contributed by atoms with E-state index in [0.29, 0.717) is 25.6 Å². The summed E-state index contributed by atoms with van der Waals surface area (Å²) in [7, 11) is 0. The van der Waals surface area contributed by atoms with Gasteiger partial charge in [-0.3, -0.25) is 9.78 Å². The van der Waals surface area contributed by atoms with E-state index in [4.69, 9.17) is 4.74 Å². The first-order chi connectivity index (χ1) is 10.7. The first-order valence-corrected chi connectivity index (χ1v) is 8.12. The fourth-order valence-corrected chi connectivity index (χ4v) is 3.25. The molecule has 3 heterocycles. The van der Waals surface area contributed by atoms with Gasteiger partial charge in [0.15, 0.2) is 0 Å². The van der Waals surface area contributed by atoms with Crippen molar-refractivity contribution in [3.63, 3.8) is 0 Å². The Morgan fingerprint density at radius 1 is 1.18 bits per heavy atom. The van der Waals surface area contributed by atoms with Crippen LogP contribution in [0, 0.1) is 12.8 Å². The highest BCUT2D eigenvalue weighted by Crippen LogP contribution is 2.25. The van der Waals surface area contributed by atoms with E-state index in [9.17, 15) is 4.79 Å². The highest BCUT2D eigenvalue weighted by atomic mass is 16.5. The number of amides is 1. The number of hydrogen-bond acceptors (Lipinski definition) is 5. The van der Waals surface area contributed by atoms with Crippen molar-refractivity contribution >= 4 is 11.7 Å². The first-order valence-electron chi connectivity index (χ1n) is 8.12. The van der Waals surface area contributed by atoms with E-state index in [0.717, 1.165) is 50.5 Å². The summed E-state index contributed by atoms with van der Waals surface area (Å²) >= 11 is 0. The Morgan fingerprint density at radius 3 is 2.55 bits per heavy atom. The van der Waals surface area contributed by atoms with Crippen LogP contribution in [0.2, 0.25) is 0 Å². The molecule has 0 radical (unpaired) electrons. The molecule has 22 heavy (non-hydrogen) atoms. The smallest absolute Gasteiger partial charge is 0.223 e. The molecule has 1 amide bonds. The SMILES string of the molecule is Cc1nccnc1N1CCC(CC(=O)N2CCOCC2)CC1. The largest absolute Gasteiger partial charge is 0.378 e. The zero-order valence-corrected chi connectivity index (χ0v) is 13.2. The number of piperidine rings is 1. The van der Waals surface area contributed by atoms with E-state index >= 15 is 0 Å². The Balaban J connectivity index is 1.49. The molecule has 6 nitrogen and oxygen atoms in total. The predicted octanol–water partition coefficient (Wildman–Crippen LogP) is 1.25. The van der Waals surface area contributed by atoms with Gasteiger partial charge in [-0.25, -0.2) is 4.98 Å². The lowest BCUT2D eigenvalue weighted by molar-refractivity contribution is -0.136. The molecule has 0 N–H and O–H groups in total. The minimum absolute atomic E-state index is 0.289. The molecule has 2 saturated heterocycles. The second-order valence-corrected chi connectivity index (χ2v) is 6.09. The summed E-state index contributed by atoms with van der Waals surface area (Å²) in [5.41, 5.74) is 0.977. The summed E-state index contributed by atoms with van der Waals surface area (Å²) in [6, 6.07) is 0. The van der Waals surface area contributed by atoms with E-state index in [1.807, 2.05) is 11.8 Å². The molecule has 2 aliphatic rings. The van der Waals surface area contributed by atoms with Crippen molar-refractivity contribution in [2.24, 2.45) is 5.92 Å². The maximum Gasteiger partial charge on any atom is 0.223 e. The Kier molecular flexibility index (Phi) is 4.87. The van der Waals surface area contributed by atoms with Crippen LogP contribution in [-0.2, 0) is 9.53 Å². The van der Waals surface area contributed by atoms with Crippen LogP contribution < -0.4 is 4.90 Å². The second kappa shape index (κ2) is 7.05. The summed E-state index contributed by atoms with van der Waals surface area (Å²) in [6.07, 6.45) is 6.24. The first kappa shape index (κ1) is 15.2. The normalized spacial score (nSPS) is 20.2. The van der Waals surface area contributed by atoms with Crippen LogP contribution in [0.25, 0.3) is 0 Å². The molecule has 1 aromatic heterocycles. The molecular formula is C16H24N4O2. The van der Waals surface area contributed by atoms with Crippen molar-refractivity contribution < 1.29 is 9.53 Å². The quantitative estimate of drug-likeness (QED) is 0.841. The molecule has 0 aromatic carbocycles. The minimum Gasteiger partial charge on any atom is -0.378 e. The van der Waals surface area contributed by atoms with Crippen molar-refractivity contribution in [3.05, 3.63) is 18.1 Å².